The van der Waals surface area contributed by atoms with Crippen LogP contribution in [0.4, 0.5) is 9.59 Å². The summed E-state index contributed by atoms with van der Waals surface area (Å²) in [6, 6.07) is 0. The minimum Gasteiger partial charge on any atom is -0.434 e. The summed E-state index contributed by atoms with van der Waals surface area (Å²) in [6.07, 6.45) is -0.663. The van der Waals surface area contributed by atoms with E-state index in [0.717, 1.165) is 0 Å². The van der Waals surface area contributed by atoms with Gasteiger partial charge in [0.25, 0.3) is 0 Å². The van der Waals surface area contributed by atoms with E-state index in [0.29, 0.717) is 12.8 Å². The molecule has 0 aromatic heterocycles. The van der Waals surface area contributed by atoms with Gasteiger partial charge in [-0.3, -0.25) is 0 Å². The number of hydrogen-bond acceptors (Lipinski definition) is 5. The maximum Gasteiger partial charge on any atom is 0.518 e. The zero-order chi connectivity index (χ0) is 10.1. The Labute approximate surface area is 77.0 Å². The van der Waals surface area contributed by atoms with Gasteiger partial charge in [0.2, 0.25) is 0 Å². The van der Waals surface area contributed by atoms with Crippen LogP contribution < -0.4 is 0 Å². The molecule has 0 spiro atoms. The molecule has 0 heterocycles. The van der Waals surface area contributed by atoms with Gasteiger partial charge in [-0.1, -0.05) is 13.8 Å². The van der Waals surface area contributed by atoms with Gasteiger partial charge in [0.15, 0.2) is 0 Å². The monoisotopic (exact) mass is 190 g/mol. The summed E-state index contributed by atoms with van der Waals surface area (Å²) in [6.45, 7) is 4.14. The summed E-state index contributed by atoms with van der Waals surface area (Å²) in [5, 5.41) is 0. The van der Waals surface area contributed by atoms with E-state index in [1.807, 2.05) is 13.8 Å². The first-order chi connectivity index (χ1) is 6.20. The minimum absolute atomic E-state index is 0.236. The fourth-order valence-corrected chi connectivity index (χ4v) is 0.498. The molecule has 0 saturated carbocycles. The van der Waals surface area contributed by atoms with Crippen molar-refractivity contribution in [2.75, 3.05) is 13.2 Å². The average molecular weight is 190 g/mol. The smallest absolute Gasteiger partial charge is 0.434 e. The van der Waals surface area contributed by atoms with E-state index in [4.69, 9.17) is 0 Å². The second-order valence-electron chi connectivity index (χ2n) is 2.30. The van der Waals surface area contributed by atoms with Crippen LogP contribution in [0.3, 0.4) is 0 Å². The lowest BCUT2D eigenvalue weighted by Gasteiger charge is -2.03. The molecule has 0 aliphatic rings. The molecule has 0 aromatic carbocycles. The molecule has 0 unspecified atom stereocenters. The van der Waals surface area contributed by atoms with Crippen molar-refractivity contribution in [1.82, 2.24) is 0 Å². The molecule has 0 aliphatic carbocycles. The van der Waals surface area contributed by atoms with Crippen LogP contribution >= 0.6 is 0 Å². The summed E-state index contributed by atoms with van der Waals surface area (Å²) >= 11 is 0. The highest BCUT2D eigenvalue weighted by atomic mass is 16.8. The Hall–Kier alpha value is -1.26. The van der Waals surface area contributed by atoms with Crippen LogP contribution in [0.2, 0.25) is 0 Å². The highest BCUT2D eigenvalue weighted by Crippen LogP contribution is 1.92. The summed E-state index contributed by atoms with van der Waals surface area (Å²) in [4.78, 5) is 21.3. The molecule has 0 atom stereocenters. The van der Waals surface area contributed by atoms with Crippen molar-refractivity contribution in [2.45, 2.75) is 26.7 Å². The van der Waals surface area contributed by atoms with E-state index in [1.165, 1.54) is 0 Å². The summed E-state index contributed by atoms with van der Waals surface area (Å²) in [5.41, 5.74) is 0. The van der Waals surface area contributed by atoms with Crippen LogP contribution in [-0.2, 0) is 14.2 Å². The average Bonchev–Trinajstić information content (AvgIpc) is 2.11. The van der Waals surface area contributed by atoms with Crippen molar-refractivity contribution in [3.63, 3.8) is 0 Å². The molecule has 0 N–H and O–H groups in total. The normalized spacial score (nSPS) is 9.08. The van der Waals surface area contributed by atoms with Gasteiger partial charge in [0, 0.05) is 0 Å². The van der Waals surface area contributed by atoms with E-state index >= 15 is 0 Å². The number of carbonyl (C=O) groups excluding carboxylic acids is 2. The third kappa shape index (κ3) is 7.11. The van der Waals surface area contributed by atoms with Gasteiger partial charge in [-0.15, -0.1) is 0 Å². The lowest BCUT2D eigenvalue weighted by molar-refractivity contribution is 0.0367. The SMILES string of the molecule is CCCOC(=O)OC(=O)OCCC. The van der Waals surface area contributed by atoms with Crippen molar-refractivity contribution >= 4 is 12.3 Å². The molecule has 5 heteroatoms. The fraction of sp³-hybridized carbons (Fsp3) is 0.750. The van der Waals surface area contributed by atoms with Gasteiger partial charge in [-0.05, 0) is 12.8 Å². The topological polar surface area (TPSA) is 61.8 Å². The lowest BCUT2D eigenvalue weighted by Crippen LogP contribution is -2.15. The number of hydrogen-bond donors (Lipinski definition) is 0. The Balaban J connectivity index is 3.47. The van der Waals surface area contributed by atoms with Crippen LogP contribution in [-0.4, -0.2) is 25.5 Å². The van der Waals surface area contributed by atoms with Crippen LogP contribution in [0.15, 0.2) is 0 Å². The summed E-state index contributed by atoms with van der Waals surface area (Å²) in [5.74, 6) is 0. The van der Waals surface area contributed by atoms with Gasteiger partial charge in [0.05, 0.1) is 13.2 Å². The molecular weight excluding hydrogens is 176 g/mol. The Bertz CT molecular complexity index is 148. The molecule has 0 radical (unpaired) electrons. The Kier molecular flexibility index (Phi) is 6.68. The van der Waals surface area contributed by atoms with E-state index in [1.54, 1.807) is 0 Å². The first-order valence-corrected chi connectivity index (χ1v) is 4.22. The minimum atomic E-state index is -1.01. The maximum atomic E-state index is 10.6. The van der Waals surface area contributed by atoms with Crippen LogP contribution in [0, 0.1) is 0 Å². The van der Waals surface area contributed by atoms with Crippen molar-refractivity contribution < 1.29 is 23.8 Å². The van der Waals surface area contributed by atoms with Crippen molar-refractivity contribution in [3.05, 3.63) is 0 Å². The third-order valence-electron chi connectivity index (χ3n) is 1.01. The predicted molar refractivity (Wildman–Crippen MR) is 44.4 cm³/mol. The van der Waals surface area contributed by atoms with Gasteiger partial charge >= 0.3 is 12.3 Å². The molecule has 0 aromatic rings. The molecule has 76 valence electrons. The molecule has 0 bridgehead atoms. The second kappa shape index (κ2) is 7.39. The molecule has 0 rings (SSSR count). The number of carbonyl (C=O) groups is 2. The van der Waals surface area contributed by atoms with Crippen LogP contribution in [0.1, 0.15) is 26.7 Å². The predicted octanol–water partition coefficient (Wildman–Crippen LogP) is 2.10. The van der Waals surface area contributed by atoms with Crippen molar-refractivity contribution in [3.8, 4) is 0 Å². The summed E-state index contributed by atoms with van der Waals surface area (Å²) < 4.78 is 13.1. The standard InChI is InChI=1S/C8H14O5/c1-3-5-11-7(9)13-8(10)12-6-4-2/h3-6H2,1-2H3. The largest absolute Gasteiger partial charge is 0.518 e. The molecule has 0 saturated heterocycles. The molecular formula is C8H14O5. The van der Waals surface area contributed by atoms with Crippen LogP contribution in [0.25, 0.3) is 0 Å². The molecule has 5 nitrogen and oxygen atoms in total. The summed E-state index contributed by atoms with van der Waals surface area (Å²) in [7, 11) is 0. The van der Waals surface area contributed by atoms with E-state index < -0.39 is 12.3 Å². The molecule has 0 fully saturated rings. The van der Waals surface area contributed by atoms with E-state index in [2.05, 4.69) is 14.2 Å². The number of rotatable bonds is 4. The van der Waals surface area contributed by atoms with Gasteiger partial charge in [-0.2, -0.15) is 0 Å². The second-order valence-corrected chi connectivity index (χ2v) is 2.30. The quantitative estimate of drug-likeness (QED) is 0.501. The zero-order valence-electron chi connectivity index (χ0n) is 7.87. The molecule has 13 heavy (non-hydrogen) atoms. The van der Waals surface area contributed by atoms with Gasteiger partial charge < -0.3 is 14.2 Å². The zero-order valence-corrected chi connectivity index (χ0v) is 7.87. The molecule has 0 amide bonds. The van der Waals surface area contributed by atoms with E-state index in [9.17, 15) is 9.59 Å². The van der Waals surface area contributed by atoms with Crippen molar-refractivity contribution in [1.29, 1.82) is 0 Å². The van der Waals surface area contributed by atoms with Gasteiger partial charge in [-0.25, -0.2) is 9.59 Å². The molecule has 0 aliphatic heterocycles. The highest BCUT2D eigenvalue weighted by molar-refractivity contribution is 5.76. The Morgan fingerprint density at radius 2 is 1.31 bits per heavy atom. The van der Waals surface area contributed by atoms with Crippen molar-refractivity contribution in [2.24, 2.45) is 0 Å². The fourth-order valence-electron chi connectivity index (χ4n) is 0.498. The highest BCUT2D eigenvalue weighted by Gasteiger charge is 2.11. The third-order valence-corrected chi connectivity index (χ3v) is 1.01. The van der Waals surface area contributed by atoms with E-state index in [-0.39, 0.29) is 13.2 Å². The van der Waals surface area contributed by atoms with Gasteiger partial charge in [0.1, 0.15) is 0 Å². The van der Waals surface area contributed by atoms with Crippen LogP contribution in [0.5, 0.6) is 0 Å². The Morgan fingerprint density at radius 3 is 1.62 bits per heavy atom. The Morgan fingerprint density at radius 1 is 0.923 bits per heavy atom. The first kappa shape index (κ1) is 11.7. The number of ether oxygens (including phenoxy) is 3. The first-order valence-electron chi connectivity index (χ1n) is 4.22. The maximum absolute atomic E-state index is 10.6. The lowest BCUT2D eigenvalue weighted by atomic mass is 10.5.